The fourth-order valence-corrected chi connectivity index (χ4v) is 5.74. The molecule has 0 radical (unpaired) electrons. The third-order valence-corrected chi connectivity index (χ3v) is 7.48. The normalized spacial score (nSPS) is 19.4. The molecule has 3 aliphatic rings. The molecule has 6 heteroatoms. The van der Waals surface area contributed by atoms with Gasteiger partial charge in [-0.05, 0) is 53.8 Å². The predicted molar refractivity (Wildman–Crippen MR) is 143 cm³/mol. The molecule has 0 bridgehead atoms. The summed E-state index contributed by atoms with van der Waals surface area (Å²) in [6, 6.07) is 21.4. The standard InChI is InChI=1S/C32H27NO5/c1-32(2)16-24-27(25(34)17-32)26(28-29(33-24)22-6-4-5-7-23(22)30(28)35)18-8-14-21(15-9-18)38-31(36)19-10-12-20(37-3)13-11-19/h4-15,26,33H,16-17H2,1-3H3/t26-/m1/s1. The number of dihydropyridines is 1. The van der Waals surface area contributed by atoms with Gasteiger partial charge < -0.3 is 14.8 Å². The van der Waals surface area contributed by atoms with Crippen LogP contribution in [-0.4, -0.2) is 24.6 Å². The number of carbonyl (C=O) groups is 3. The van der Waals surface area contributed by atoms with Crippen molar-refractivity contribution in [3.63, 3.8) is 0 Å². The minimum absolute atomic E-state index is 0.0547. The van der Waals surface area contributed by atoms with Crippen LogP contribution in [0.5, 0.6) is 11.5 Å². The molecule has 0 spiro atoms. The summed E-state index contributed by atoms with van der Waals surface area (Å²) < 4.78 is 10.7. The molecule has 1 N–H and O–H groups in total. The minimum Gasteiger partial charge on any atom is -0.497 e. The number of Topliss-reactive ketones (excluding diaryl/α,β-unsaturated/α-hetero) is 2. The van der Waals surface area contributed by atoms with E-state index in [9.17, 15) is 14.4 Å². The fourth-order valence-electron chi connectivity index (χ4n) is 5.74. The number of ether oxygens (including phenoxy) is 2. The molecule has 0 aromatic heterocycles. The Morgan fingerprint density at radius 3 is 2.18 bits per heavy atom. The summed E-state index contributed by atoms with van der Waals surface area (Å²) in [5.41, 5.74) is 5.48. The van der Waals surface area contributed by atoms with Crippen LogP contribution in [0.4, 0.5) is 0 Å². The summed E-state index contributed by atoms with van der Waals surface area (Å²) in [5, 5.41) is 3.49. The molecule has 1 atom stereocenters. The number of benzene rings is 3. The van der Waals surface area contributed by atoms with Crippen LogP contribution in [0.2, 0.25) is 0 Å². The molecule has 190 valence electrons. The van der Waals surface area contributed by atoms with Crippen molar-refractivity contribution in [1.82, 2.24) is 5.32 Å². The molecule has 3 aromatic carbocycles. The quantitative estimate of drug-likeness (QED) is 0.354. The van der Waals surface area contributed by atoms with E-state index in [-0.39, 0.29) is 17.0 Å². The average molecular weight is 506 g/mol. The maximum absolute atomic E-state index is 13.6. The Labute approximate surface area is 221 Å². The highest BCUT2D eigenvalue weighted by molar-refractivity contribution is 6.23. The van der Waals surface area contributed by atoms with Gasteiger partial charge in [-0.15, -0.1) is 0 Å². The summed E-state index contributed by atoms with van der Waals surface area (Å²) in [7, 11) is 1.56. The van der Waals surface area contributed by atoms with Gasteiger partial charge in [-0.2, -0.15) is 0 Å². The number of hydrogen-bond acceptors (Lipinski definition) is 6. The third-order valence-electron chi connectivity index (χ3n) is 7.48. The van der Waals surface area contributed by atoms with Gasteiger partial charge in [0.15, 0.2) is 11.6 Å². The first-order valence-corrected chi connectivity index (χ1v) is 12.6. The lowest BCUT2D eigenvalue weighted by Gasteiger charge is -2.39. The van der Waals surface area contributed by atoms with Crippen molar-refractivity contribution < 1.29 is 23.9 Å². The Hall–Kier alpha value is -4.45. The molecule has 0 saturated heterocycles. The largest absolute Gasteiger partial charge is 0.497 e. The van der Waals surface area contributed by atoms with Gasteiger partial charge in [0.1, 0.15) is 11.5 Å². The number of carbonyl (C=O) groups excluding carboxylic acids is 3. The van der Waals surface area contributed by atoms with E-state index >= 15 is 0 Å². The van der Waals surface area contributed by atoms with Crippen LogP contribution in [0, 0.1) is 5.41 Å². The molecular weight excluding hydrogens is 478 g/mol. The Morgan fingerprint density at radius 1 is 0.842 bits per heavy atom. The molecule has 6 rings (SSSR count). The van der Waals surface area contributed by atoms with Crippen LogP contribution in [0.1, 0.15) is 64.4 Å². The number of methoxy groups -OCH3 is 1. The topological polar surface area (TPSA) is 81.7 Å². The van der Waals surface area contributed by atoms with Crippen molar-refractivity contribution >= 4 is 23.2 Å². The Bertz CT molecular complexity index is 1560. The lowest BCUT2D eigenvalue weighted by atomic mass is 9.68. The van der Waals surface area contributed by atoms with Gasteiger partial charge in [0.2, 0.25) is 0 Å². The molecule has 1 heterocycles. The first-order chi connectivity index (χ1) is 18.3. The van der Waals surface area contributed by atoms with Crippen molar-refractivity contribution in [1.29, 1.82) is 0 Å². The molecule has 0 saturated carbocycles. The van der Waals surface area contributed by atoms with Crippen LogP contribution in [0.3, 0.4) is 0 Å². The van der Waals surface area contributed by atoms with Gasteiger partial charge in [0.25, 0.3) is 0 Å². The summed E-state index contributed by atoms with van der Waals surface area (Å²) in [6.07, 6.45) is 1.14. The SMILES string of the molecule is COc1ccc(C(=O)Oc2ccc([C@@H]3C4=C(CC(C)(C)CC4=O)NC4=C3C(=O)c3ccccc34)cc2)cc1. The molecule has 0 unspecified atom stereocenters. The van der Waals surface area contributed by atoms with Gasteiger partial charge in [0, 0.05) is 40.3 Å². The lowest BCUT2D eigenvalue weighted by Crippen LogP contribution is -2.37. The highest BCUT2D eigenvalue weighted by Gasteiger charge is 2.46. The van der Waals surface area contributed by atoms with Crippen LogP contribution < -0.4 is 14.8 Å². The summed E-state index contributed by atoms with van der Waals surface area (Å²) in [5.74, 6) is 0.0503. The Morgan fingerprint density at radius 2 is 1.50 bits per heavy atom. The van der Waals surface area contributed by atoms with E-state index < -0.39 is 11.9 Å². The van der Waals surface area contributed by atoms with Crippen LogP contribution in [0.25, 0.3) is 5.70 Å². The van der Waals surface area contributed by atoms with Gasteiger partial charge >= 0.3 is 5.97 Å². The van der Waals surface area contributed by atoms with E-state index in [1.807, 2.05) is 36.4 Å². The smallest absolute Gasteiger partial charge is 0.343 e. The number of ketones is 2. The van der Waals surface area contributed by atoms with Crippen molar-refractivity contribution in [2.45, 2.75) is 32.6 Å². The van der Waals surface area contributed by atoms with E-state index in [1.54, 1.807) is 43.5 Å². The van der Waals surface area contributed by atoms with E-state index in [0.717, 1.165) is 28.9 Å². The first kappa shape index (κ1) is 23.9. The Balaban J connectivity index is 1.36. The average Bonchev–Trinajstić information content (AvgIpc) is 3.19. The van der Waals surface area contributed by atoms with Crippen LogP contribution in [-0.2, 0) is 4.79 Å². The van der Waals surface area contributed by atoms with Crippen LogP contribution >= 0.6 is 0 Å². The zero-order valence-corrected chi connectivity index (χ0v) is 21.5. The number of hydrogen-bond donors (Lipinski definition) is 1. The maximum Gasteiger partial charge on any atom is 0.343 e. The monoisotopic (exact) mass is 505 g/mol. The predicted octanol–water partition coefficient (Wildman–Crippen LogP) is 5.85. The van der Waals surface area contributed by atoms with Crippen LogP contribution in [0.15, 0.2) is 89.6 Å². The molecule has 0 amide bonds. The Kier molecular flexibility index (Phi) is 5.56. The molecule has 2 aliphatic carbocycles. The molecule has 6 nitrogen and oxygen atoms in total. The van der Waals surface area contributed by atoms with Crippen molar-refractivity contribution in [2.75, 3.05) is 7.11 Å². The minimum atomic E-state index is -0.490. The second-order valence-electron chi connectivity index (χ2n) is 10.7. The van der Waals surface area contributed by atoms with Gasteiger partial charge in [0.05, 0.1) is 18.4 Å². The number of esters is 1. The molecule has 3 aromatic rings. The highest BCUT2D eigenvalue weighted by atomic mass is 16.5. The van der Waals surface area contributed by atoms with Gasteiger partial charge in [-0.3, -0.25) is 9.59 Å². The number of nitrogens with one attached hydrogen (secondary N) is 1. The molecule has 1 aliphatic heterocycles. The fraction of sp³-hybridized carbons (Fsp3) is 0.219. The number of allylic oxidation sites excluding steroid dienone is 3. The third kappa shape index (κ3) is 3.93. The van der Waals surface area contributed by atoms with Crippen molar-refractivity contribution in [2.24, 2.45) is 5.41 Å². The van der Waals surface area contributed by atoms with Crippen molar-refractivity contribution in [3.05, 3.63) is 112 Å². The summed E-state index contributed by atoms with van der Waals surface area (Å²) in [4.78, 5) is 39.8. The highest BCUT2D eigenvalue weighted by Crippen LogP contribution is 2.51. The second kappa shape index (κ2) is 8.84. The van der Waals surface area contributed by atoms with Crippen molar-refractivity contribution in [3.8, 4) is 11.5 Å². The first-order valence-electron chi connectivity index (χ1n) is 12.6. The van der Waals surface area contributed by atoms with E-state index in [2.05, 4.69) is 19.2 Å². The lowest BCUT2D eigenvalue weighted by molar-refractivity contribution is -0.118. The summed E-state index contributed by atoms with van der Waals surface area (Å²) in [6.45, 7) is 4.18. The molecule has 38 heavy (non-hydrogen) atoms. The van der Waals surface area contributed by atoms with E-state index in [1.165, 1.54) is 0 Å². The van der Waals surface area contributed by atoms with E-state index in [0.29, 0.717) is 40.2 Å². The van der Waals surface area contributed by atoms with Gasteiger partial charge in [-0.1, -0.05) is 50.2 Å². The van der Waals surface area contributed by atoms with E-state index in [4.69, 9.17) is 9.47 Å². The molecular formula is C32H27NO5. The zero-order chi connectivity index (χ0) is 26.6. The number of rotatable bonds is 4. The van der Waals surface area contributed by atoms with Gasteiger partial charge in [-0.25, -0.2) is 4.79 Å². The molecule has 0 fully saturated rings. The zero-order valence-electron chi connectivity index (χ0n) is 21.5. The second-order valence-corrected chi connectivity index (χ2v) is 10.7. The number of fused-ring (bicyclic) bond motifs is 2. The maximum atomic E-state index is 13.6. The summed E-state index contributed by atoms with van der Waals surface area (Å²) >= 11 is 0.